The zero-order valence-electron chi connectivity index (χ0n) is 14.1. The number of oxime groups is 1. The summed E-state index contributed by atoms with van der Waals surface area (Å²) in [5.74, 6) is 0.0995. The van der Waals surface area contributed by atoms with E-state index in [-0.39, 0.29) is 12.6 Å². The van der Waals surface area contributed by atoms with Gasteiger partial charge in [0.15, 0.2) is 0 Å². The molecule has 0 fully saturated rings. The Labute approximate surface area is 141 Å². The summed E-state index contributed by atoms with van der Waals surface area (Å²) in [6.07, 6.45) is 1.38. The fourth-order valence-electron chi connectivity index (χ4n) is 2.16. The lowest BCUT2D eigenvalue weighted by atomic mass is 10.0. The van der Waals surface area contributed by atoms with Crippen LogP contribution in [-0.2, 0) is 14.4 Å². The largest absolute Gasteiger partial charge is 0.492 e. The van der Waals surface area contributed by atoms with E-state index in [0.717, 1.165) is 22.4 Å². The number of rotatable bonds is 5. The molecule has 1 aliphatic heterocycles. The van der Waals surface area contributed by atoms with Crippen LogP contribution in [0, 0.1) is 13.8 Å². The van der Waals surface area contributed by atoms with Crippen molar-refractivity contribution in [1.29, 1.82) is 0 Å². The van der Waals surface area contributed by atoms with E-state index in [9.17, 15) is 4.79 Å². The number of ether oxygens (including phenoxy) is 2. The predicted molar refractivity (Wildman–Crippen MR) is 92.2 cm³/mol. The van der Waals surface area contributed by atoms with Crippen molar-refractivity contribution in [2.24, 2.45) is 5.16 Å². The SMILES string of the molecule is C1=NO1.COC(=O)C(COc1cc(C)ccc1C)c1ccccc1. The molecule has 0 bridgehead atoms. The van der Waals surface area contributed by atoms with Crippen molar-refractivity contribution in [2.45, 2.75) is 19.8 Å². The summed E-state index contributed by atoms with van der Waals surface area (Å²) in [4.78, 5) is 16.0. The molecule has 0 saturated heterocycles. The molecule has 2 aromatic rings. The van der Waals surface area contributed by atoms with E-state index in [0.29, 0.717) is 0 Å². The second-order valence-corrected chi connectivity index (χ2v) is 5.38. The van der Waals surface area contributed by atoms with Crippen LogP contribution in [0.1, 0.15) is 22.6 Å². The second-order valence-electron chi connectivity index (χ2n) is 5.38. The fourth-order valence-corrected chi connectivity index (χ4v) is 2.16. The van der Waals surface area contributed by atoms with E-state index in [1.807, 2.05) is 62.4 Å². The molecule has 1 aliphatic rings. The molecule has 1 unspecified atom stereocenters. The van der Waals surface area contributed by atoms with Crippen molar-refractivity contribution < 1.29 is 19.1 Å². The molecule has 0 saturated carbocycles. The van der Waals surface area contributed by atoms with Crippen molar-refractivity contribution in [2.75, 3.05) is 13.7 Å². The minimum Gasteiger partial charge on any atom is -0.492 e. The van der Waals surface area contributed by atoms with Crippen molar-refractivity contribution in [3.8, 4) is 5.75 Å². The first kappa shape index (κ1) is 17.5. The first-order chi connectivity index (χ1) is 11.6. The van der Waals surface area contributed by atoms with Crippen LogP contribution in [0.2, 0.25) is 0 Å². The maximum Gasteiger partial charge on any atom is 0.316 e. The number of benzene rings is 2. The lowest BCUT2D eigenvalue weighted by Gasteiger charge is -2.17. The van der Waals surface area contributed by atoms with Gasteiger partial charge in [-0.15, -0.1) is 0 Å². The topological polar surface area (TPSA) is 60.4 Å². The molecular formula is C19H21NO4. The average molecular weight is 327 g/mol. The van der Waals surface area contributed by atoms with Crippen LogP contribution in [0.25, 0.3) is 0 Å². The summed E-state index contributed by atoms with van der Waals surface area (Å²) in [6, 6.07) is 15.6. The Bertz CT molecular complexity index is 694. The zero-order valence-corrected chi connectivity index (χ0v) is 14.1. The molecule has 0 amide bonds. The third-order valence-corrected chi connectivity index (χ3v) is 3.54. The second kappa shape index (κ2) is 8.72. The maximum atomic E-state index is 12.0. The predicted octanol–water partition coefficient (Wildman–Crippen LogP) is 3.60. The van der Waals surface area contributed by atoms with E-state index in [1.54, 1.807) is 0 Å². The number of carbonyl (C=O) groups excluding carboxylic acids is 1. The summed E-state index contributed by atoms with van der Waals surface area (Å²) >= 11 is 0. The van der Waals surface area contributed by atoms with Crippen molar-refractivity contribution in [1.82, 2.24) is 0 Å². The van der Waals surface area contributed by atoms with Gasteiger partial charge in [-0.3, -0.25) is 4.79 Å². The first-order valence-electron chi connectivity index (χ1n) is 7.62. The number of hydrogen-bond acceptors (Lipinski definition) is 5. The molecular weight excluding hydrogens is 306 g/mol. The van der Waals surface area contributed by atoms with Gasteiger partial charge < -0.3 is 14.3 Å². The van der Waals surface area contributed by atoms with Crippen molar-refractivity contribution in [3.05, 3.63) is 65.2 Å². The summed E-state index contributed by atoms with van der Waals surface area (Å²) in [7, 11) is 1.40. The molecule has 3 rings (SSSR count). The first-order valence-corrected chi connectivity index (χ1v) is 7.62. The molecule has 0 aliphatic carbocycles. The number of carbonyl (C=O) groups is 1. The number of esters is 1. The maximum absolute atomic E-state index is 12.0. The highest BCUT2D eigenvalue weighted by Crippen LogP contribution is 2.23. The molecule has 2 aromatic carbocycles. The Kier molecular flexibility index (Phi) is 6.37. The summed E-state index contributed by atoms with van der Waals surface area (Å²) in [5, 5.41) is 3.12. The smallest absolute Gasteiger partial charge is 0.316 e. The molecule has 5 nitrogen and oxygen atoms in total. The van der Waals surface area contributed by atoms with Gasteiger partial charge in [0.2, 0.25) is 6.40 Å². The van der Waals surface area contributed by atoms with Crippen LogP contribution in [0.15, 0.2) is 53.7 Å². The molecule has 24 heavy (non-hydrogen) atoms. The van der Waals surface area contributed by atoms with E-state index >= 15 is 0 Å². The Morgan fingerprint density at radius 2 is 1.83 bits per heavy atom. The van der Waals surface area contributed by atoms with Gasteiger partial charge in [-0.05, 0) is 41.8 Å². The number of nitrogens with zero attached hydrogens (tertiary/aromatic N) is 1. The summed E-state index contributed by atoms with van der Waals surface area (Å²) in [6.45, 7) is 4.27. The molecule has 1 heterocycles. The van der Waals surface area contributed by atoms with Crippen LogP contribution < -0.4 is 4.74 Å². The minimum absolute atomic E-state index is 0.265. The van der Waals surface area contributed by atoms with Crippen molar-refractivity contribution in [3.63, 3.8) is 0 Å². The van der Waals surface area contributed by atoms with E-state index in [4.69, 9.17) is 9.47 Å². The lowest BCUT2D eigenvalue weighted by molar-refractivity contribution is -0.143. The highest BCUT2D eigenvalue weighted by atomic mass is 16.7. The summed E-state index contributed by atoms with van der Waals surface area (Å²) in [5.41, 5.74) is 3.08. The van der Waals surface area contributed by atoms with Crippen LogP contribution >= 0.6 is 0 Å². The van der Waals surface area contributed by atoms with Gasteiger partial charge in [0.1, 0.15) is 18.3 Å². The quantitative estimate of drug-likeness (QED) is 0.787. The number of methoxy groups -OCH3 is 1. The number of hydrogen-bond donors (Lipinski definition) is 0. The van der Waals surface area contributed by atoms with Crippen LogP contribution in [0.4, 0.5) is 0 Å². The molecule has 0 aromatic heterocycles. The Morgan fingerprint density at radius 3 is 2.42 bits per heavy atom. The standard InChI is InChI=1S/C18H20O3.CHNO/c1-13-9-10-14(2)17(11-13)21-12-16(18(19)20-3)15-7-5-4-6-8-15;1-2-3-1/h4-11,16H,12H2,1-3H3;1H. The normalized spacial score (nSPS) is 12.3. The van der Waals surface area contributed by atoms with Gasteiger partial charge >= 0.3 is 5.97 Å². The molecule has 1 atom stereocenters. The third-order valence-electron chi connectivity index (χ3n) is 3.54. The molecule has 126 valence electrons. The molecule has 0 spiro atoms. The fraction of sp³-hybridized carbons (Fsp3) is 0.263. The highest BCUT2D eigenvalue weighted by molar-refractivity contribution is 5.78. The Hall–Kier alpha value is -2.82. The van der Waals surface area contributed by atoms with Crippen LogP contribution in [0.5, 0.6) is 5.75 Å². The van der Waals surface area contributed by atoms with Gasteiger partial charge in [-0.25, -0.2) is 0 Å². The lowest BCUT2D eigenvalue weighted by Crippen LogP contribution is -2.21. The zero-order chi connectivity index (χ0) is 17.4. The van der Waals surface area contributed by atoms with Crippen molar-refractivity contribution >= 4 is 12.4 Å². The van der Waals surface area contributed by atoms with Crippen LogP contribution in [0.3, 0.4) is 0 Å². The van der Waals surface area contributed by atoms with Gasteiger partial charge in [-0.1, -0.05) is 42.5 Å². The van der Waals surface area contributed by atoms with Gasteiger partial charge in [0.25, 0.3) is 0 Å². The molecule has 5 heteroatoms. The van der Waals surface area contributed by atoms with Gasteiger partial charge in [0, 0.05) is 0 Å². The number of aryl methyl sites for hydroxylation is 2. The van der Waals surface area contributed by atoms with Crippen LogP contribution in [-0.4, -0.2) is 26.1 Å². The average Bonchev–Trinajstić information content (AvgIpc) is 3.47. The highest BCUT2D eigenvalue weighted by Gasteiger charge is 2.22. The Balaban J connectivity index is 0.000000623. The minimum atomic E-state index is -0.420. The van der Waals surface area contributed by atoms with Gasteiger partial charge in [0.05, 0.1) is 7.11 Å². The molecule has 0 N–H and O–H groups in total. The Morgan fingerprint density at radius 1 is 1.17 bits per heavy atom. The monoisotopic (exact) mass is 327 g/mol. The van der Waals surface area contributed by atoms with E-state index < -0.39 is 5.92 Å². The third kappa shape index (κ3) is 5.43. The molecule has 0 radical (unpaired) electrons. The van der Waals surface area contributed by atoms with E-state index in [2.05, 4.69) is 9.99 Å². The van der Waals surface area contributed by atoms with E-state index in [1.165, 1.54) is 13.5 Å². The van der Waals surface area contributed by atoms with Gasteiger partial charge in [-0.2, -0.15) is 0 Å². The summed E-state index contributed by atoms with van der Waals surface area (Å²) < 4.78 is 10.7.